The van der Waals surface area contributed by atoms with E-state index in [1.54, 1.807) is 0 Å². The third-order valence-corrected chi connectivity index (χ3v) is 4.32. The molecule has 0 atom stereocenters. The number of oxazole rings is 1. The summed E-state index contributed by atoms with van der Waals surface area (Å²) in [5.74, 6) is 0.0920. The van der Waals surface area contributed by atoms with Crippen LogP contribution in [0, 0.1) is 6.92 Å². The summed E-state index contributed by atoms with van der Waals surface area (Å²) in [5, 5.41) is 9.90. The number of rotatable bonds is 3. The minimum absolute atomic E-state index is 0.255. The largest absolute Gasteiger partial charge is 0.479 e. The molecule has 1 heterocycles. The molecule has 3 aromatic rings. The van der Waals surface area contributed by atoms with Gasteiger partial charge >= 0.3 is 5.95 Å². The van der Waals surface area contributed by atoms with E-state index in [9.17, 15) is 5.11 Å². The molecule has 0 fully saturated rings. The molecular weight excluding hydrogens is 424 g/mol. The quantitative estimate of drug-likeness (QED) is 0.542. The lowest BCUT2D eigenvalue weighted by atomic mass is 10.2. The summed E-state index contributed by atoms with van der Waals surface area (Å²) in [4.78, 5) is 8.61. The molecule has 2 aromatic carbocycles. The zero-order valence-electron chi connectivity index (χ0n) is 12.1. The van der Waals surface area contributed by atoms with Crippen molar-refractivity contribution in [3.8, 4) is 17.4 Å². The highest BCUT2D eigenvalue weighted by Crippen LogP contribution is 2.29. The standard InChI is InChI=1S/C17H12Br2N2O2/c1-10-2-7-14(13(19)8-10)20-9-15-17(22)23-16(21-15)11-3-5-12(18)6-4-11/h2-9,22H,1H3. The van der Waals surface area contributed by atoms with E-state index in [2.05, 4.69) is 41.8 Å². The zero-order chi connectivity index (χ0) is 16.4. The van der Waals surface area contributed by atoms with Crippen LogP contribution in [0.25, 0.3) is 11.5 Å². The van der Waals surface area contributed by atoms with Crippen LogP contribution in [0.2, 0.25) is 0 Å². The van der Waals surface area contributed by atoms with Crippen molar-refractivity contribution in [2.75, 3.05) is 0 Å². The molecule has 0 aliphatic rings. The maximum Gasteiger partial charge on any atom is 0.312 e. The first-order chi connectivity index (χ1) is 11.0. The van der Waals surface area contributed by atoms with Crippen molar-refractivity contribution >= 4 is 43.8 Å². The van der Waals surface area contributed by atoms with Gasteiger partial charge in [-0.25, -0.2) is 4.98 Å². The van der Waals surface area contributed by atoms with Gasteiger partial charge in [0.2, 0.25) is 5.89 Å². The van der Waals surface area contributed by atoms with Crippen molar-refractivity contribution < 1.29 is 9.52 Å². The van der Waals surface area contributed by atoms with Crippen LogP contribution in [0.1, 0.15) is 11.3 Å². The van der Waals surface area contributed by atoms with Crippen molar-refractivity contribution in [3.05, 3.63) is 62.7 Å². The van der Waals surface area contributed by atoms with Gasteiger partial charge in [0.1, 0.15) is 0 Å². The number of hydrogen-bond acceptors (Lipinski definition) is 4. The molecular formula is C17H12Br2N2O2. The molecule has 23 heavy (non-hydrogen) atoms. The molecule has 0 amide bonds. The van der Waals surface area contributed by atoms with Gasteiger partial charge in [-0.2, -0.15) is 0 Å². The lowest BCUT2D eigenvalue weighted by Gasteiger charge is -1.98. The van der Waals surface area contributed by atoms with Crippen LogP contribution >= 0.6 is 31.9 Å². The first-order valence-electron chi connectivity index (χ1n) is 6.79. The first-order valence-corrected chi connectivity index (χ1v) is 8.37. The minimum atomic E-state index is -0.255. The lowest BCUT2D eigenvalue weighted by molar-refractivity contribution is 0.337. The Bertz CT molecular complexity index is 871. The SMILES string of the molecule is Cc1ccc(N=Cc2nc(-c3ccc(Br)cc3)oc2O)c(Br)c1. The summed E-state index contributed by atoms with van der Waals surface area (Å²) in [7, 11) is 0. The summed E-state index contributed by atoms with van der Waals surface area (Å²) in [6.45, 7) is 2.01. The molecule has 0 bridgehead atoms. The van der Waals surface area contributed by atoms with E-state index in [1.807, 2.05) is 49.4 Å². The van der Waals surface area contributed by atoms with Gasteiger partial charge in [-0.1, -0.05) is 22.0 Å². The van der Waals surface area contributed by atoms with Crippen LogP contribution in [0.4, 0.5) is 5.69 Å². The maximum absolute atomic E-state index is 9.90. The third kappa shape index (κ3) is 3.71. The normalized spacial score (nSPS) is 11.3. The second-order valence-corrected chi connectivity index (χ2v) is 6.70. The van der Waals surface area contributed by atoms with Gasteiger partial charge < -0.3 is 9.52 Å². The van der Waals surface area contributed by atoms with E-state index in [-0.39, 0.29) is 11.6 Å². The van der Waals surface area contributed by atoms with Crippen LogP contribution in [-0.2, 0) is 0 Å². The number of benzene rings is 2. The Hall–Kier alpha value is -1.92. The monoisotopic (exact) mass is 434 g/mol. The van der Waals surface area contributed by atoms with Crippen LogP contribution < -0.4 is 0 Å². The van der Waals surface area contributed by atoms with Gasteiger partial charge in [0.25, 0.3) is 0 Å². The number of halogens is 2. The molecule has 0 radical (unpaired) electrons. The molecule has 1 aromatic heterocycles. The van der Waals surface area contributed by atoms with Crippen LogP contribution in [-0.4, -0.2) is 16.3 Å². The molecule has 3 rings (SSSR count). The van der Waals surface area contributed by atoms with Crippen molar-refractivity contribution in [1.82, 2.24) is 4.98 Å². The molecule has 0 spiro atoms. The average molecular weight is 436 g/mol. The van der Waals surface area contributed by atoms with E-state index in [4.69, 9.17) is 4.42 Å². The summed E-state index contributed by atoms with van der Waals surface area (Å²) in [6.07, 6.45) is 1.48. The van der Waals surface area contributed by atoms with Crippen molar-refractivity contribution in [2.24, 2.45) is 4.99 Å². The van der Waals surface area contributed by atoms with Gasteiger partial charge in [-0.3, -0.25) is 4.99 Å². The molecule has 4 nitrogen and oxygen atoms in total. The molecule has 0 aliphatic carbocycles. The van der Waals surface area contributed by atoms with E-state index in [1.165, 1.54) is 6.21 Å². The Morgan fingerprint density at radius 2 is 1.87 bits per heavy atom. The Kier molecular flexibility index (Phi) is 4.63. The smallest absolute Gasteiger partial charge is 0.312 e. The fraction of sp³-hybridized carbons (Fsp3) is 0.0588. The van der Waals surface area contributed by atoms with Crippen molar-refractivity contribution in [2.45, 2.75) is 6.92 Å². The van der Waals surface area contributed by atoms with Crippen LogP contribution in [0.5, 0.6) is 5.95 Å². The number of aliphatic imine (C=N–C) groups is 1. The van der Waals surface area contributed by atoms with Gasteiger partial charge in [-0.05, 0) is 64.8 Å². The predicted molar refractivity (Wildman–Crippen MR) is 97.4 cm³/mol. The lowest BCUT2D eigenvalue weighted by Crippen LogP contribution is -1.83. The van der Waals surface area contributed by atoms with Crippen molar-refractivity contribution in [1.29, 1.82) is 0 Å². The van der Waals surface area contributed by atoms with Gasteiger partial charge in [0, 0.05) is 14.5 Å². The number of hydrogen-bond donors (Lipinski definition) is 1. The zero-order valence-corrected chi connectivity index (χ0v) is 15.3. The summed E-state index contributed by atoms with van der Waals surface area (Å²) >= 11 is 6.84. The second-order valence-electron chi connectivity index (χ2n) is 4.93. The fourth-order valence-electron chi connectivity index (χ4n) is 1.97. The van der Waals surface area contributed by atoms with Gasteiger partial charge in [0.15, 0.2) is 5.69 Å². The number of aromatic hydroxyl groups is 1. The molecule has 0 saturated carbocycles. The summed E-state index contributed by atoms with van der Waals surface area (Å²) in [6, 6.07) is 13.3. The summed E-state index contributed by atoms with van der Waals surface area (Å²) in [5.41, 5.74) is 2.95. The van der Waals surface area contributed by atoms with E-state index in [0.717, 1.165) is 25.8 Å². The van der Waals surface area contributed by atoms with E-state index >= 15 is 0 Å². The summed E-state index contributed by atoms with van der Waals surface area (Å²) < 4.78 is 7.15. The highest BCUT2D eigenvalue weighted by Gasteiger charge is 2.12. The average Bonchev–Trinajstić information content (AvgIpc) is 2.88. The Morgan fingerprint density at radius 3 is 2.57 bits per heavy atom. The Morgan fingerprint density at radius 1 is 1.13 bits per heavy atom. The van der Waals surface area contributed by atoms with Gasteiger partial charge in [-0.15, -0.1) is 0 Å². The Labute approximate surface area is 150 Å². The third-order valence-electron chi connectivity index (χ3n) is 3.15. The highest BCUT2D eigenvalue weighted by atomic mass is 79.9. The van der Waals surface area contributed by atoms with Crippen LogP contribution in [0.15, 0.2) is 60.8 Å². The molecule has 6 heteroatoms. The minimum Gasteiger partial charge on any atom is -0.479 e. The molecule has 116 valence electrons. The molecule has 0 unspecified atom stereocenters. The van der Waals surface area contributed by atoms with Crippen molar-refractivity contribution in [3.63, 3.8) is 0 Å². The highest BCUT2D eigenvalue weighted by molar-refractivity contribution is 9.10. The first kappa shape index (κ1) is 16.0. The van der Waals surface area contributed by atoms with E-state index in [0.29, 0.717) is 5.89 Å². The van der Waals surface area contributed by atoms with E-state index < -0.39 is 0 Å². The maximum atomic E-state index is 9.90. The van der Waals surface area contributed by atoms with Crippen LogP contribution in [0.3, 0.4) is 0 Å². The second kappa shape index (κ2) is 6.68. The Balaban J connectivity index is 1.89. The topological polar surface area (TPSA) is 58.6 Å². The molecule has 0 aliphatic heterocycles. The molecule has 0 saturated heterocycles. The number of aryl methyl sites for hydroxylation is 1. The predicted octanol–water partition coefficient (Wildman–Crippen LogP) is 5.63. The molecule has 1 N–H and O–H groups in total. The van der Waals surface area contributed by atoms with Gasteiger partial charge in [0.05, 0.1) is 11.9 Å². The number of aromatic nitrogens is 1. The number of nitrogens with zero attached hydrogens (tertiary/aromatic N) is 2. The fourth-order valence-corrected chi connectivity index (χ4v) is 2.83.